The van der Waals surface area contributed by atoms with E-state index in [0.717, 1.165) is 22.5 Å². The Bertz CT molecular complexity index is 1310. The summed E-state index contributed by atoms with van der Waals surface area (Å²) in [5.74, 6) is 0.00190. The van der Waals surface area contributed by atoms with Crippen molar-refractivity contribution < 1.29 is 23.5 Å². The van der Waals surface area contributed by atoms with E-state index in [1.165, 1.54) is 16.0 Å². The summed E-state index contributed by atoms with van der Waals surface area (Å²) in [4.78, 5) is 46.6. The van der Waals surface area contributed by atoms with Gasteiger partial charge in [-0.1, -0.05) is 17.4 Å². The Kier molecular flexibility index (Phi) is 5.98. The number of nitrogens with zero attached hydrogens (tertiary/aromatic N) is 4. The van der Waals surface area contributed by atoms with E-state index in [0.29, 0.717) is 41.5 Å². The summed E-state index contributed by atoms with van der Waals surface area (Å²) in [7, 11) is 3.31. The number of hydrogen-bond acceptors (Lipinski definition) is 6. The summed E-state index contributed by atoms with van der Waals surface area (Å²) in [5, 5.41) is 0.230. The molecule has 2 aliphatic heterocycles. The monoisotopic (exact) mass is 494 g/mol. The van der Waals surface area contributed by atoms with Crippen LogP contribution in [0.2, 0.25) is 0 Å². The molecule has 1 atom stereocenters. The molecule has 3 aromatic rings. The molecule has 3 amide bonds. The number of anilines is 1. The molecule has 2 aromatic carbocycles. The second kappa shape index (κ2) is 9.10. The molecule has 0 spiro atoms. The largest absolute Gasteiger partial charge is 0.481 e. The van der Waals surface area contributed by atoms with Crippen LogP contribution in [0, 0.1) is 5.13 Å². The molecule has 0 N–H and O–H groups in total. The molecule has 8 nitrogen and oxygen atoms in total. The third kappa shape index (κ3) is 4.49. The van der Waals surface area contributed by atoms with Crippen molar-refractivity contribution >= 4 is 34.7 Å². The highest BCUT2D eigenvalue weighted by molar-refractivity contribution is 7.13. The molecule has 2 aliphatic rings. The number of aromatic nitrogens is 1. The lowest BCUT2D eigenvalue weighted by Gasteiger charge is -2.18. The van der Waals surface area contributed by atoms with Gasteiger partial charge in [0, 0.05) is 50.4 Å². The minimum Gasteiger partial charge on any atom is -0.481 e. The zero-order valence-corrected chi connectivity index (χ0v) is 20.0. The van der Waals surface area contributed by atoms with Crippen LogP contribution >= 0.6 is 11.3 Å². The van der Waals surface area contributed by atoms with Crippen molar-refractivity contribution in [2.45, 2.75) is 19.1 Å². The summed E-state index contributed by atoms with van der Waals surface area (Å²) >= 11 is 0.965. The van der Waals surface area contributed by atoms with Gasteiger partial charge >= 0.3 is 0 Å². The number of fused-ring (bicyclic) bond motifs is 1. The fourth-order valence-electron chi connectivity index (χ4n) is 4.20. The predicted molar refractivity (Wildman–Crippen MR) is 129 cm³/mol. The normalized spacial score (nSPS) is 17.2. The number of carbonyl (C=O) groups is 3. The van der Waals surface area contributed by atoms with Crippen molar-refractivity contribution in [3.8, 4) is 16.3 Å². The van der Waals surface area contributed by atoms with Crippen LogP contribution in [0.3, 0.4) is 0 Å². The predicted octanol–water partition coefficient (Wildman–Crippen LogP) is 3.18. The molecule has 180 valence electrons. The number of ether oxygens (including phenoxy) is 1. The van der Waals surface area contributed by atoms with Crippen molar-refractivity contribution in [1.29, 1.82) is 0 Å². The van der Waals surface area contributed by atoms with Gasteiger partial charge in [0.15, 0.2) is 11.2 Å². The number of carbonyl (C=O) groups excluding carboxylic acids is 3. The van der Waals surface area contributed by atoms with E-state index in [4.69, 9.17) is 4.74 Å². The van der Waals surface area contributed by atoms with Gasteiger partial charge in [-0.05, 0) is 42.0 Å². The van der Waals surface area contributed by atoms with Crippen molar-refractivity contribution in [2.24, 2.45) is 0 Å². The van der Waals surface area contributed by atoms with E-state index in [9.17, 15) is 18.8 Å². The van der Waals surface area contributed by atoms with Gasteiger partial charge in [0.1, 0.15) is 17.3 Å². The van der Waals surface area contributed by atoms with Gasteiger partial charge in [0.05, 0.1) is 6.20 Å². The Morgan fingerprint density at radius 2 is 1.97 bits per heavy atom. The average Bonchev–Trinajstić information content (AvgIpc) is 3.52. The van der Waals surface area contributed by atoms with E-state index in [1.54, 1.807) is 49.3 Å². The first-order valence-corrected chi connectivity index (χ1v) is 11.9. The van der Waals surface area contributed by atoms with Crippen molar-refractivity contribution in [3.63, 3.8) is 0 Å². The van der Waals surface area contributed by atoms with E-state index >= 15 is 0 Å². The number of amides is 3. The molecule has 0 radical (unpaired) electrons. The third-order valence-electron chi connectivity index (χ3n) is 6.12. The van der Waals surface area contributed by atoms with Crippen LogP contribution in [0.25, 0.3) is 10.6 Å². The zero-order valence-electron chi connectivity index (χ0n) is 19.2. The van der Waals surface area contributed by atoms with E-state index in [-0.39, 0.29) is 29.4 Å². The fraction of sp³-hybridized carbons (Fsp3) is 0.280. The quantitative estimate of drug-likeness (QED) is 0.526. The first-order valence-electron chi connectivity index (χ1n) is 11.1. The molecular formula is C25H23FN4O4S. The number of thiazole rings is 1. The molecule has 1 saturated heterocycles. The molecule has 0 bridgehead atoms. The first kappa shape index (κ1) is 23.0. The Balaban J connectivity index is 1.25. The molecule has 1 aromatic heterocycles. The maximum Gasteiger partial charge on any atom is 0.268 e. The van der Waals surface area contributed by atoms with E-state index < -0.39 is 6.10 Å². The Morgan fingerprint density at radius 3 is 2.66 bits per heavy atom. The minimum atomic E-state index is -0.642. The van der Waals surface area contributed by atoms with Crippen LogP contribution < -0.4 is 9.64 Å². The summed E-state index contributed by atoms with van der Waals surface area (Å²) in [6.45, 7) is 0.859. The summed E-state index contributed by atoms with van der Waals surface area (Å²) in [5.41, 5.74) is 2.76. The number of benzene rings is 2. The minimum absolute atomic E-state index is 0.0185. The summed E-state index contributed by atoms with van der Waals surface area (Å²) in [6.07, 6.45) is 1.05. The topological polar surface area (TPSA) is 83.1 Å². The molecule has 1 fully saturated rings. The zero-order chi connectivity index (χ0) is 24.7. The van der Waals surface area contributed by atoms with Gasteiger partial charge in [0.2, 0.25) is 5.91 Å². The van der Waals surface area contributed by atoms with Gasteiger partial charge in [0.25, 0.3) is 11.8 Å². The molecule has 0 saturated carbocycles. The average molecular weight is 495 g/mol. The first-order chi connectivity index (χ1) is 16.8. The highest BCUT2D eigenvalue weighted by Gasteiger charge is 2.36. The Morgan fingerprint density at radius 1 is 1.20 bits per heavy atom. The molecule has 3 heterocycles. The summed E-state index contributed by atoms with van der Waals surface area (Å²) < 4.78 is 19.2. The molecule has 0 unspecified atom stereocenters. The van der Waals surface area contributed by atoms with Gasteiger partial charge in [-0.3, -0.25) is 14.4 Å². The van der Waals surface area contributed by atoms with Crippen molar-refractivity contribution in [3.05, 3.63) is 64.9 Å². The van der Waals surface area contributed by atoms with Crippen LogP contribution in [0.4, 0.5) is 10.1 Å². The second-order valence-electron chi connectivity index (χ2n) is 8.67. The van der Waals surface area contributed by atoms with Crippen LogP contribution in [-0.2, 0) is 16.1 Å². The lowest BCUT2D eigenvalue weighted by molar-refractivity contribution is -0.129. The smallest absolute Gasteiger partial charge is 0.268 e. The molecule has 10 heteroatoms. The number of likely N-dealkylation sites (N-methyl/N-ethyl adjacent to an activating group) is 1. The van der Waals surface area contributed by atoms with Gasteiger partial charge in [-0.25, -0.2) is 4.98 Å². The van der Waals surface area contributed by atoms with Gasteiger partial charge < -0.3 is 19.4 Å². The van der Waals surface area contributed by atoms with E-state index in [2.05, 4.69) is 4.98 Å². The highest BCUT2D eigenvalue weighted by Crippen LogP contribution is 2.31. The maximum absolute atomic E-state index is 13.2. The Hall–Kier alpha value is -3.79. The van der Waals surface area contributed by atoms with Gasteiger partial charge in [-0.15, -0.1) is 0 Å². The van der Waals surface area contributed by atoms with E-state index in [1.807, 2.05) is 12.1 Å². The molecule has 5 rings (SSSR count). The third-order valence-corrected chi connectivity index (χ3v) is 6.96. The van der Waals surface area contributed by atoms with Crippen molar-refractivity contribution in [2.75, 3.05) is 32.1 Å². The lowest BCUT2D eigenvalue weighted by atomic mass is 10.1. The van der Waals surface area contributed by atoms with Crippen LogP contribution in [0.5, 0.6) is 5.75 Å². The number of hydrogen-bond donors (Lipinski definition) is 0. The molecule has 0 aliphatic carbocycles. The molecular weight excluding hydrogens is 471 g/mol. The Labute approximate surface area is 205 Å². The standard InChI is InChI=1S/C25H23FN4O4S/c1-28(2)22(31)14-29-13-16-3-6-17(11-19(16)24(29)32)30-10-9-20(25(30)33)34-18-7-4-15(5-8-18)23-27-12-21(26)35-23/h3-8,11-12,20H,9-10,13-14H2,1-2H3/t20-/m1/s1. The molecule has 35 heavy (non-hydrogen) atoms. The maximum atomic E-state index is 13.2. The van der Waals surface area contributed by atoms with Crippen LogP contribution in [0.15, 0.2) is 48.7 Å². The fourth-order valence-corrected chi connectivity index (χ4v) is 4.85. The number of halogens is 1. The van der Waals surface area contributed by atoms with Crippen molar-refractivity contribution in [1.82, 2.24) is 14.8 Å². The second-order valence-corrected chi connectivity index (χ2v) is 9.65. The SMILES string of the molecule is CN(C)C(=O)CN1Cc2ccc(N3CC[C@@H](Oc4ccc(-c5ncc(F)s5)cc4)C3=O)cc2C1=O. The lowest BCUT2D eigenvalue weighted by Crippen LogP contribution is -2.36. The highest BCUT2D eigenvalue weighted by atomic mass is 32.1. The van der Waals surface area contributed by atoms with Crippen LogP contribution in [-0.4, -0.2) is 65.8 Å². The number of rotatable bonds is 6. The van der Waals surface area contributed by atoms with Gasteiger partial charge in [-0.2, -0.15) is 4.39 Å². The summed E-state index contributed by atoms with van der Waals surface area (Å²) in [6, 6.07) is 12.4. The van der Waals surface area contributed by atoms with Crippen LogP contribution in [0.1, 0.15) is 22.3 Å².